The fourth-order valence-electron chi connectivity index (χ4n) is 3.79. The molecule has 0 radical (unpaired) electrons. The molecule has 20 heavy (non-hydrogen) atoms. The third-order valence-corrected chi connectivity index (χ3v) is 4.54. The standard InChI is InChI=1S/C15H21N5/c1-3-5-11-18-12-14-13-10(17-15(12)16)6-4-7-19(13)8-9(2)20(11)14/h9H,3-8H2,1-2H3,(H2,16,17)/t9-/m1/s1. The minimum atomic E-state index is 0.460. The van der Waals surface area contributed by atoms with Gasteiger partial charge >= 0.3 is 0 Å². The topological polar surface area (TPSA) is 60.0 Å². The van der Waals surface area contributed by atoms with Crippen LogP contribution in [0.4, 0.5) is 11.5 Å². The van der Waals surface area contributed by atoms with E-state index in [9.17, 15) is 0 Å². The van der Waals surface area contributed by atoms with Crippen LogP contribution in [0.2, 0.25) is 0 Å². The Balaban J connectivity index is 2.10. The SMILES string of the molecule is CCCc1nc2c(N)nc3c4c2n1[C@H](C)CN4CCC3. The number of imidazole rings is 1. The first-order valence-electron chi connectivity index (χ1n) is 7.64. The Kier molecular flexibility index (Phi) is 2.46. The van der Waals surface area contributed by atoms with Gasteiger partial charge < -0.3 is 15.2 Å². The minimum absolute atomic E-state index is 0.460. The van der Waals surface area contributed by atoms with Crippen molar-refractivity contribution in [1.82, 2.24) is 14.5 Å². The zero-order valence-corrected chi connectivity index (χ0v) is 12.2. The van der Waals surface area contributed by atoms with E-state index in [1.54, 1.807) is 0 Å². The van der Waals surface area contributed by atoms with Gasteiger partial charge in [0.05, 0.1) is 22.9 Å². The van der Waals surface area contributed by atoms with Crippen LogP contribution < -0.4 is 10.6 Å². The van der Waals surface area contributed by atoms with Crippen molar-refractivity contribution in [2.45, 2.75) is 45.6 Å². The lowest BCUT2D eigenvalue weighted by molar-refractivity contribution is 0.494. The molecule has 0 saturated heterocycles. The van der Waals surface area contributed by atoms with Gasteiger partial charge in [0.15, 0.2) is 5.82 Å². The van der Waals surface area contributed by atoms with Crippen LogP contribution >= 0.6 is 0 Å². The van der Waals surface area contributed by atoms with Gasteiger partial charge in [-0.1, -0.05) is 6.92 Å². The zero-order chi connectivity index (χ0) is 13.9. The van der Waals surface area contributed by atoms with Crippen LogP contribution in [0.3, 0.4) is 0 Å². The predicted octanol–water partition coefficient (Wildman–Crippen LogP) is 2.29. The summed E-state index contributed by atoms with van der Waals surface area (Å²) in [5, 5.41) is 0. The molecule has 4 heterocycles. The van der Waals surface area contributed by atoms with Crippen LogP contribution in [0.1, 0.15) is 44.2 Å². The Morgan fingerprint density at radius 1 is 1.35 bits per heavy atom. The Labute approximate surface area is 118 Å². The van der Waals surface area contributed by atoms with Gasteiger partial charge in [0, 0.05) is 19.5 Å². The molecule has 2 N–H and O–H groups in total. The largest absolute Gasteiger partial charge is 0.382 e. The highest BCUT2D eigenvalue weighted by Crippen LogP contribution is 2.41. The summed E-state index contributed by atoms with van der Waals surface area (Å²) in [6.45, 7) is 6.68. The molecule has 0 aromatic carbocycles. The predicted molar refractivity (Wildman–Crippen MR) is 81.2 cm³/mol. The van der Waals surface area contributed by atoms with E-state index in [1.807, 2.05) is 0 Å². The Hall–Kier alpha value is -1.78. The van der Waals surface area contributed by atoms with Crippen LogP contribution in [0.25, 0.3) is 11.0 Å². The second-order valence-corrected chi connectivity index (χ2v) is 6.04. The maximum Gasteiger partial charge on any atom is 0.152 e. The number of hydrogen-bond acceptors (Lipinski definition) is 4. The number of pyridine rings is 1. The van der Waals surface area contributed by atoms with Crippen molar-refractivity contribution in [2.24, 2.45) is 0 Å². The van der Waals surface area contributed by atoms with Gasteiger partial charge in [-0.3, -0.25) is 0 Å². The van der Waals surface area contributed by atoms with Crippen molar-refractivity contribution in [3.8, 4) is 0 Å². The van der Waals surface area contributed by atoms with Crippen LogP contribution in [0.15, 0.2) is 0 Å². The van der Waals surface area contributed by atoms with E-state index in [2.05, 4.69) is 28.3 Å². The van der Waals surface area contributed by atoms with E-state index in [0.717, 1.165) is 43.6 Å². The second kappa shape index (κ2) is 4.11. The lowest BCUT2D eigenvalue weighted by Crippen LogP contribution is -2.38. The highest BCUT2D eigenvalue weighted by molar-refractivity contribution is 5.97. The third kappa shape index (κ3) is 1.43. The molecule has 5 heteroatoms. The summed E-state index contributed by atoms with van der Waals surface area (Å²) in [5.41, 5.74) is 10.8. The molecule has 0 saturated carbocycles. The van der Waals surface area contributed by atoms with E-state index >= 15 is 0 Å². The normalized spacial score (nSPS) is 20.7. The summed E-state index contributed by atoms with van der Waals surface area (Å²) in [7, 11) is 0. The van der Waals surface area contributed by atoms with Crippen molar-refractivity contribution >= 4 is 22.5 Å². The molecular formula is C15H21N5. The number of nitrogen functional groups attached to an aromatic ring is 1. The van der Waals surface area contributed by atoms with E-state index in [4.69, 9.17) is 10.7 Å². The highest BCUT2D eigenvalue weighted by atomic mass is 15.3. The molecule has 106 valence electrons. The number of aryl methyl sites for hydroxylation is 2. The van der Waals surface area contributed by atoms with Crippen LogP contribution in [0, 0.1) is 0 Å². The fourth-order valence-corrected chi connectivity index (χ4v) is 3.79. The van der Waals surface area contributed by atoms with E-state index in [1.165, 1.54) is 23.4 Å². The molecule has 0 bridgehead atoms. The van der Waals surface area contributed by atoms with E-state index in [0.29, 0.717) is 11.9 Å². The van der Waals surface area contributed by atoms with Crippen LogP contribution in [0.5, 0.6) is 0 Å². The first kappa shape index (κ1) is 12.0. The van der Waals surface area contributed by atoms with Crippen molar-refractivity contribution < 1.29 is 0 Å². The number of hydrogen-bond donors (Lipinski definition) is 1. The first-order chi connectivity index (χ1) is 9.70. The lowest BCUT2D eigenvalue weighted by Gasteiger charge is -2.38. The number of nitrogens with zero attached hydrogens (tertiary/aromatic N) is 4. The maximum atomic E-state index is 6.17. The molecule has 2 aliphatic heterocycles. The maximum absolute atomic E-state index is 6.17. The summed E-state index contributed by atoms with van der Waals surface area (Å²) in [4.78, 5) is 11.9. The fraction of sp³-hybridized carbons (Fsp3) is 0.600. The molecule has 0 unspecified atom stereocenters. The van der Waals surface area contributed by atoms with Crippen LogP contribution in [-0.4, -0.2) is 27.6 Å². The van der Waals surface area contributed by atoms with E-state index < -0.39 is 0 Å². The number of rotatable bonds is 2. The molecule has 4 rings (SSSR count). The lowest BCUT2D eigenvalue weighted by atomic mass is 10.0. The van der Waals surface area contributed by atoms with Crippen molar-refractivity contribution in [3.63, 3.8) is 0 Å². The van der Waals surface area contributed by atoms with Gasteiger partial charge in [-0.15, -0.1) is 0 Å². The molecule has 2 aromatic rings. The average Bonchev–Trinajstić information content (AvgIpc) is 2.80. The molecule has 0 fully saturated rings. The summed E-state index contributed by atoms with van der Waals surface area (Å²) in [5.74, 6) is 1.77. The summed E-state index contributed by atoms with van der Waals surface area (Å²) in [6, 6.07) is 0.460. The molecular weight excluding hydrogens is 250 g/mol. The second-order valence-electron chi connectivity index (χ2n) is 6.04. The van der Waals surface area contributed by atoms with Gasteiger partial charge in [-0.25, -0.2) is 9.97 Å². The number of nitrogens with two attached hydrogens (primary N) is 1. The Morgan fingerprint density at radius 2 is 2.20 bits per heavy atom. The van der Waals surface area contributed by atoms with Crippen molar-refractivity contribution in [3.05, 3.63) is 11.5 Å². The summed E-state index contributed by atoms with van der Waals surface area (Å²) in [6.07, 6.45) is 4.32. The van der Waals surface area contributed by atoms with Crippen molar-refractivity contribution in [2.75, 3.05) is 23.7 Å². The van der Waals surface area contributed by atoms with Crippen molar-refractivity contribution in [1.29, 1.82) is 0 Å². The monoisotopic (exact) mass is 271 g/mol. The van der Waals surface area contributed by atoms with Crippen LogP contribution in [-0.2, 0) is 12.8 Å². The summed E-state index contributed by atoms with van der Waals surface area (Å²) < 4.78 is 2.41. The molecule has 0 spiro atoms. The molecule has 5 nitrogen and oxygen atoms in total. The minimum Gasteiger partial charge on any atom is -0.382 e. The molecule has 0 aliphatic carbocycles. The highest BCUT2D eigenvalue weighted by Gasteiger charge is 2.32. The Bertz CT molecular complexity index is 687. The Morgan fingerprint density at radius 3 is 3.00 bits per heavy atom. The van der Waals surface area contributed by atoms with E-state index in [-0.39, 0.29) is 0 Å². The zero-order valence-electron chi connectivity index (χ0n) is 12.2. The number of anilines is 2. The van der Waals surface area contributed by atoms with Gasteiger partial charge in [0.2, 0.25) is 0 Å². The third-order valence-electron chi connectivity index (χ3n) is 4.54. The smallest absolute Gasteiger partial charge is 0.152 e. The number of aromatic nitrogens is 3. The quantitative estimate of drug-likeness (QED) is 0.910. The van der Waals surface area contributed by atoms with Gasteiger partial charge in [-0.05, 0) is 26.2 Å². The molecule has 1 atom stereocenters. The first-order valence-corrected chi connectivity index (χ1v) is 7.64. The average molecular weight is 271 g/mol. The van der Waals surface area contributed by atoms with Gasteiger partial charge in [-0.2, -0.15) is 0 Å². The molecule has 0 amide bonds. The molecule has 2 aliphatic rings. The van der Waals surface area contributed by atoms with Gasteiger partial charge in [0.1, 0.15) is 11.3 Å². The van der Waals surface area contributed by atoms with Gasteiger partial charge in [0.25, 0.3) is 0 Å². The molecule has 2 aromatic heterocycles. The summed E-state index contributed by atoms with van der Waals surface area (Å²) >= 11 is 0.